The van der Waals surface area contributed by atoms with Crippen molar-refractivity contribution in [3.8, 4) is 5.75 Å². The lowest BCUT2D eigenvalue weighted by atomic mass is 9.84. The van der Waals surface area contributed by atoms with Crippen LogP contribution >= 0.6 is 0 Å². The molecule has 110 valence electrons. The van der Waals surface area contributed by atoms with Gasteiger partial charge in [-0.1, -0.05) is 49.4 Å². The van der Waals surface area contributed by atoms with E-state index in [1.54, 1.807) is 0 Å². The second-order valence-electron chi connectivity index (χ2n) is 5.77. The predicted molar refractivity (Wildman–Crippen MR) is 86.7 cm³/mol. The summed E-state index contributed by atoms with van der Waals surface area (Å²) in [5, 5.41) is 0. The average Bonchev–Trinajstić information content (AvgIpc) is 2.55. The molecule has 2 atom stereocenters. The molecule has 2 aromatic carbocycles. The monoisotopic (exact) mass is 281 g/mol. The minimum absolute atomic E-state index is 0.0947. The zero-order chi connectivity index (χ0) is 14.7. The molecule has 0 fully saturated rings. The quantitative estimate of drug-likeness (QED) is 0.911. The summed E-state index contributed by atoms with van der Waals surface area (Å²) in [7, 11) is 0. The third kappa shape index (κ3) is 2.96. The summed E-state index contributed by atoms with van der Waals surface area (Å²) >= 11 is 0. The Balaban J connectivity index is 1.81. The number of hydrogen-bond acceptors (Lipinski definition) is 2. The van der Waals surface area contributed by atoms with Gasteiger partial charge >= 0.3 is 0 Å². The molecule has 21 heavy (non-hydrogen) atoms. The van der Waals surface area contributed by atoms with Crippen LogP contribution in [-0.4, -0.2) is 6.61 Å². The fourth-order valence-electron chi connectivity index (χ4n) is 3.31. The third-order valence-electron chi connectivity index (χ3n) is 4.46. The average molecular weight is 281 g/mol. The van der Waals surface area contributed by atoms with Crippen LogP contribution in [0.3, 0.4) is 0 Å². The first-order chi connectivity index (χ1) is 10.3. The van der Waals surface area contributed by atoms with Gasteiger partial charge in [-0.2, -0.15) is 0 Å². The maximum Gasteiger partial charge on any atom is 0.122 e. The van der Waals surface area contributed by atoms with Crippen molar-refractivity contribution >= 4 is 0 Å². The molecule has 3 rings (SSSR count). The van der Waals surface area contributed by atoms with E-state index in [9.17, 15) is 0 Å². The molecule has 2 unspecified atom stereocenters. The lowest BCUT2D eigenvalue weighted by molar-refractivity contribution is 0.259. The Morgan fingerprint density at radius 1 is 1.14 bits per heavy atom. The minimum Gasteiger partial charge on any atom is -0.493 e. The zero-order valence-corrected chi connectivity index (χ0v) is 12.6. The Hall–Kier alpha value is -1.80. The molecule has 0 aromatic heterocycles. The van der Waals surface area contributed by atoms with E-state index in [-0.39, 0.29) is 6.04 Å². The molecule has 0 saturated heterocycles. The number of nitrogens with two attached hydrogens (primary N) is 1. The molecule has 0 saturated carbocycles. The molecule has 0 spiro atoms. The summed E-state index contributed by atoms with van der Waals surface area (Å²) in [5.41, 5.74) is 10.5. The number of fused-ring (bicyclic) bond motifs is 1. The molecule has 0 aliphatic carbocycles. The van der Waals surface area contributed by atoms with Crippen LogP contribution in [0.4, 0.5) is 0 Å². The van der Waals surface area contributed by atoms with Crippen LogP contribution in [0, 0.1) is 0 Å². The molecule has 1 aliphatic heterocycles. The smallest absolute Gasteiger partial charge is 0.122 e. The number of ether oxygens (including phenoxy) is 1. The van der Waals surface area contributed by atoms with Crippen molar-refractivity contribution in [2.24, 2.45) is 5.73 Å². The molecule has 1 aliphatic rings. The molecule has 2 N–H and O–H groups in total. The van der Waals surface area contributed by atoms with Crippen molar-refractivity contribution in [1.82, 2.24) is 0 Å². The van der Waals surface area contributed by atoms with E-state index in [1.807, 2.05) is 6.07 Å². The Labute approximate surface area is 126 Å². The van der Waals surface area contributed by atoms with Gasteiger partial charge in [0, 0.05) is 6.04 Å². The largest absolute Gasteiger partial charge is 0.493 e. The highest BCUT2D eigenvalue weighted by molar-refractivity contribution is 5.38. The Morgan fingerprint density at radius 3 is 2.76 bits per heavy atom. The van der Waals surface area contributed by atoms with Gasteiger partial charge in [0.25, 0.3) is 0 Å². The third-order valence-corrected chi connectivity index (χ3v) is 4.46. The van der Waals surface area contributed by atoms with E-state index < -0.39 is 0 Å². The van der Waals surface area contributed by atoms with Crippen molar-refractivity contribution in [2.75, 3.05) is 6.61 Å². The summed E-state index contributed by atoms with van der Waals surface area (Å²) in [6.07, 6.45) is 3.07. The second-order valence-corrected chi connectivity index (χ2v) is 5.77. The van der Waals surface area contributed by atoms with Gasteiger partial charge in [-0.25, -0.2) is 0 Å². The maximum absolute atomic E-state index is 6.52. The summed E-state index contributed by atoms with van der Waals surface area (Å²) in [6, 6.07) is 17.0. The number of aryl methyl sites for hydroxylation is 1. The van der Waals surface area contributed by atoms with Gasteiger partial charge in [0.1, 0.15) is 5.75 Å². The number of hydrogen-bond donors (Lipinski definition) is 1. The number of para-hydroxylation sites is 1. The van der Waals surface area contributed by atoms with Crippen LogP contribution in [0.2, 0.25) is 0 Å². The lowest BCUT2D eigenvalue weighted by Crippen LogP contribution is -2.20. The maximum atomic E-state index is 6.52. The molecule has 2 heteroatoms. The zero-order valence-electron chi connectivity index (χ0n) is 12.6. The lowest BCUT2D eigenvalue weighted by Gasteiger charge is -2.28. The van der Waals surface area contributed by atoms with Crippen molar-refractivity contribution in [3.05, 3.63) is 65.2 Å². The van der Waals surface area contributed by atoms with Gasteiger partial charge in [0.05, 0.1) is 6.61 Å². The standard InChI is InChI=1S/C19H23NO/c1-2-14-7-3-4-8-16(14)18(20)13-15-11-12-21-19-10-6-5-9-17(15)19/h3-10,15,18H,2,11-13,20H2,1H3. The van der Waals surface area contributed by atoms with Crippen LogP contribution in [0.1, 0.15) is 48.4 Å². The molecule has 2 nitrogen and oxygen atoms in total. The number of benzene rings is 2. The molecule has 0 bridgehead atoms. The van der Waals surface area contributed by atoms with Gasteiger partial charge in [-0.3, -0.25) is 0 Å². The minimum atomic E-state index is 0.0947. The molecule has 1 heterocycles. The van der Waals surface area contributed by atoms with Gasteiger partial charge in [-0.05, 0) is 47.9 Å². The van der Waals surface area contributed by atoms with E-state index in [2.05, 4.69) is 49.4 Å². The summed E-state index contributed by atoms with van der Waals surface area (Å²) in [4.78, 5) is 0. The Kier molecular flexibility index (Phi) is 4.26. The molecular weight excluding hydrogens is 258 g/mol. The normalized spacial score (nSPS) is 18.7. The summed E-state index contributed by atoms with van der Waals surface area (Å²) < 4.78 is 5.75. The van der Waals surface area contributed by atoms with Crippen molar-refractivity contribution in [3.63, 3.8) is 0 Å². The molecule has 0 radical (unpaired) electrons. The topological polar surface area (TPSA) is 35.2 Å². The molecule has 0 amide bonds. The van der Waals surface area contributed by atoms with Gasteiger partial charge in [-0.15, -0.1) is 0 Å². The van der Waals surface area contributed by atoms with E-state index in [0.29, 0.717) is 5.92 Å². The van der Waals surface area contributed by atoms with Crippen molar-refractivity contribution in [2.45, 2.75) is 38.1 Å². The summed E-state index contributed by atoms with van der Waals surface area (Å²) in [5.74, 6) is 1.53. The first kappa shape index (κ1) is 14.2. The van der Waals surface area contributed by atoms with Gasteiger partial charge in [0.2, 0.25) is 0 Å². The van der Waals surface area contributed by atoms with Crippen LogP contribution < -0.4 is 10.5 Å². The van der Waals surface area contributed by atoms with Crippen molar-refractivity contribution < 1.29 is 4.74 Å². The van der Waals surface area contributed by atoms with E-state index in [4.69, 9.17) is 10.5 Å². The van der Waals surface area contributed by atoms with E-state index >= 15 is 0 Å². The van der Waals surface area contributed by atoms with Gasteiger partial charge < -0.3 is 10.5 Å². The predicted octanol–water partition coefficient (Wildman–Crippen LogP) is 4.21. The fraction of sp³-hybridized carbons (Fsp3) is 0.368. The van der Waals surface area contributed by atoms with E-state index in [1.165, 1.54) is 16.7 Å². The first-order valence-electron chi connectivity index (χ1n) is 7.84. The molecule has 2 aromatic rings. The Bertz CT molecular complexity index is 608. The highest BCUT2D eigenvalue weighted by Crippen LogP contribution is 2.38. The summed E-state index contributed by atoms with van der Waals surface area (Å²) in [6.45, 7) is 2.99. The van der Waals surface area contributed by atoms with Gasteiger partial charge in [0.15, 0.2) is 0 Å². The van der Waals surface area contributed by atoms with Crippen molar-refractivity contribution in [1.29, 1.82) is 0 Å². The van der Waals surface area contributed by atoms with Crippen LogP contribution in [0.15, 0.2) is 48.5 Å². The molecular formula is C19H23NO. The Morgan fingerprint density at radius 2 is 1.90 bits per heavy atom. The number of rotatable bonds is 4. The SMILES string of the molecule is CCc1ccccc1C(N)CC1CCOc2ccccc21. The van der Waals surface area contributed by atoms with Crippen LogP contribution in [-0.2, 0) is 6.42 Å². The van der Waals surface area contributed by atoms with Crippen LogP contribution in [0.25, 0.3) is 0 Å². The highest BCUT2D eigenvalue weighted by Gasteiger charge is 2.24. The highest BCUT2D eigenvalue weighted by atomic mass is 16.5. The van der Waals surface area contributed by atoms with Crippen LogP contribution in [0.5, 0.6) is 5.75 Å². The first-order valence-corrected chi connectivity index (χ1v) is 7.84. The van der Waals surface area contributed by atoms with E-state index in [0.717, 1.165) is 31.6 Å². The fourth-order valence-corrected chi connectivity index (χ4v) is 3.31. The second kappa shape index (κ2) is 6.31.